The van der Waals surface area contributed by atoms with Crippen molar-refractivity contribution in [1.82, 2.24) is 4.90 Å². The van der Waals surface area contributed by atoms with Crippen LogP contribution in [0.1, 0.15) is 27.2 Å². The summed E-state index contributed by atoms with van der Waals surface area (Å²) in [6, 6.07) is -0.634. The Balaban J connectivity index is 2.63. The van der Waals surface area contributed by atoms with E-state index in [1.807, 2.05) is 20.8 Å². The van der Waals surface area contributed by atoms with Gasteiger partial charge in [0.1, 0.15) is 6.04 Å². The third-order valence-corrected chi connectivity index (χ3v) is 3.18. The molecule has 0 aromatic rings. The molecular weight excluding hydrogens is 214 g/mol. The number of carboxylic acids is 1. The number of hydrogen-bond donors (Lipinski definition) is 1. The SMILES string of the molecule is CC(C)(C)CC(=O)N1CSC[C@@H]1C(=O)O. The van der Waals surface area contributed by atoms with Crippen LogP contribution in [0.4, 0.5) is 0 Å². The fraction of sp³-hybridized carbons (Fsp3) is 0.800. The quantitative estimate of drug-likeness (QED) is 0.780. The standard InChI is InChI=1S/C10H17NO3S/c1-10(2,3)4-8(12)11-6-15-5-7(11)9(13)14/h7H,4-6H2,1-3H3,(H,13,14)/t7-/m1/s1. The van der Waals surface area contributed by atoms with Crippen molar-refractivity contribution in [3.8, 4) is 0 Å². The Morgan fingerprint density at radius 2 is 2.07 bits per heavy atom. The Bertz CT molecular complexity index is 272. The van der Waals surface area contributed by atoms with Gasteiger partial charge in [0, 0.05) is 12.2 Å². The van der Waals surface area contributed by atoms with E-state index in [0.717, 1.165) is 0 Å². The molecule has 5 heteroatoms. The van der Waals surface area contributed by atoms with Crippen LogP contribution in [0, 0.1) is 5.41 Å². The molecule has 86 valence electrons. The third-order valence-electron chi connectivity index (χ3n) is 2.17. The molecule has 1 aliphatic heterocycles. The second kappa shape index (κ2) is 4.43. The van der Waals surface area contributed by atoms with Crippen LogP contribution in [-0.2, 0) is 9.59 Å². The van der Waals surface area contributed by atoms with Gasteiger partial charge in [-0.15, -0.1) is 11.8 Å². The van der Waals surface area contributed by atoms with Crippen LogP contribution in [0.2, 0.25) is 0 Å². The number of aliphatic carboxylic acids is 1. The van der Waals surface area contributed by atoms with E-state index in [2.05, 4.69) is 0 Å². The average molecular weight is 231 g/mol. The Kier molecular flexibility index (Phi) is 3.65. The van der Waals surface area contributed by atoms with Gasteiger partial charge >= 0.3 is 5.97 Å². The summed E-state index contributed by atoms with van der Waals surface area (Å²) in [6.45, 7) is 5.93. The van der Waals surface area contributed by atoms with Crippen LogP contribution in [0.3, 0.4) is 0 Å². The number of rotatable bonds is 2. The second-order valence-corrected chi connectivity index (χ2v) is 5.95. The molecule has 1 saturated heterocycles. The predicted octanol–water partition coefficient (Wildman–Crippen LogP) is 1.41. The number of carbonyl (C=O) groups excluding carboxylic acids is 1. The van der Waals surface area contributed by atoms with E-state index in [9.17, 15) is 9.59 Å². The van der Waals surface area contributed by atoms with Crippen molar-refractivity contribution in [3.63, 3.8) is 0 Å². The van der Waals surface area contributed by atoms with Crippen molar-refractivity contribution in [2.75, 3.05) is 11.6 Å². The highest BCUT2D eigenvalue weighted by Crippen LogP contribution is 2.26. The first-order valence-corrected chi connectivity index (χ1v) is 6.07. The van der Waals surface area contributed by atoms with Crippen LogP contribution >= 0.6 is 11.8 Å². The topological polar surface area (TPSA) is 57.6 Å². The molecule has 15 heavy (non-hydrogen) atoms. The fourth-order valence-electron chi connectivity index (χ4n) is 1.45. The Hall–Kier alpha value is -0.710. The number of carbonyl (C=O) groups is 2. The van der Waals surface area contributed by atoms with Crippen LogP contribution in [0.25, 0.3) is 0 Å². The minimum absolute atomic E-state index is 0.0556. The molecule has 0 bridgehead atoms. The number of amides is 1. The Morgan fingerprint density at radius 1 is 1.47 bits per heavy atom. The van der Waals surface area contributed by atoms with E-state index in [4.69, 9.17) is 5.11 Å². The van der Waals surface area contributed by atoms with Gasteiger partial charge in [-0.05, 0) is 5.41 Å². The van der Waals surface area contributed by atoms with Crippen LogP contribution < -0.4 is 0 Å². The van der Waals surface area contributed by atoms with E-state index in [1.54, 1.807) is 0 Å². The highest BCUT2D eigenvalue weighted by atomic mass is 32.2. The summed E-state index contributed by atoms with van der Waals surface area (Å²) in [5, 5.41) is 8.92. The van der Waals surface area contributed by atoms with Gasteiger partial charge in [-0.3, -0.25) is 4.79 Å². The van der Waals surface area contributed by atoms with Crippen molar-refractivity contribution >= 4 is 23.6 Å². The normalized spacial score (nSPS) is 21.8. The monoisotopic (exact) mass is 231 g/mol. The Labute approximate surface area is 94.0 Å². The molecule has 1 heterocycles. The second-order valence-electron chi connectivity index (χ2n) is 4.95. The lowest BCUT2D eigenvalue weighted by Crippen LogP contribution is -2.42. The van der Waals surface area contributed by atoms with E-state index >= 15 is 0 Å². The molecule has 1 aliphatic rings. The van der Waals surface area contributed by atoms with E-state index in [0.29, 0.717) is 18.1 Å². The van der Waals surface area contributed by atoms with E-state index in [1.165, 1.54) is 16.7 Å². The van der Waals surface area contributed by atoms with Crippen LogP contribution in [-0.4, -0.2) is 39.6 Å². The molecule has 1 atom stereocenters. The molecule has 1 N–H and O–H groups in total. The summed E-state index contributed by atoms with van der Waals surface area (Å²) < 4.78 is 0. The average Bonchev–Trinajstić information content (AvgIpc) is 2.47. The van der Waals surface area contributed by atoms with E-state index < -0.39 is 12.0 Å². The lowest BCUT2D eigenvalue weighted by atomic mass is 9.91. The molecular formula is C10H17NO3S. The summed E-state index contributed by atoms with van der Waals surface area (Å²) in [4.78, 5) is 24.2. The molecule has 0 spiro atoms. The number of hydrogen-bond acceptors (Lipinski definition) is 3. The van der Waals surface area contributed by atoms with Gasteiger partial charge in [-0.2, -0.15) is 0 Å². The molecule has 1 fully saturated rings. The molecule has 0 aromatic carbocycles. The highest BCUT2D eigenvalue weighted by Gasteiger charge is 2.35. The minimum Gasteiger partial charge on any atom is -0.480 e. The molecule has 0 aromatic heterocycles. The largest absolute Gasteiger partial charge is 0.480 e. The van der Waals surface area contributed by atoms with Crippen molar-refractivity contribution in [2.24, 2.45) is 5.41 Å². The lowest BCUT2D eigenvalue weighted by molar-refractivity contribution is -0.148. The molecule has 0 unspecified atom stereocenters. The summed E-state index contributed by atoms with van der Waals surface area (Å²) in [5.41, 5.74) is -0.0899. The molecule has 0 radical (unpaired) electrons. The number of nitrogens with zero attached hydrogens (tertiary/aromatic N) is 1. The molecule has 1 rings (SSSR count). The van der Waals surface area contributed by atoms with Gasteiger partial charge in [0.25, 0.3) is 0 Å². The smallest absolute Gasteiger partial charge is 0.327 e. The third kappa shape index (κ3) is 3.41. The summed E-state index contributed by atoms with van der Waals surface area (Å²) in [7, 11) is 0. The maximum Gasteiger partial charge on any atom is 0.327 e. The van der Waals surface area contributed by atoms with Gasteiger partial charge in [0.2, 0.25) is 5.91 Å². The van der Waals surface area contributed by atoms with Crippen LogP contribution in [0.15, 0.2) is 0 Å². The highest BCUT2D eigenvalue weighted by molar-refractivity contribution is 7.99. The van der Waals surface area contributed by atoms with Crippen LogP contribution in [0.5, 0.6) is 0 Å². The zero-order chi connectivity index (χ0) is 11.6. The Morgan fingerprint density at radius 3 is 2.53 bits per heavy atom. The van der Waals surface area contributed by atoms with Crippen molar-refractivity contribution in [1.29, 1.82) is 0 Å². The van der Waals surface area contributed by atoms with E-state index in [-0.39, 0.29) is 11.3 Å². The molecule has 0 aliphatic carbocycles. The maximum absolute atomic E-state index is 11.8. The molecule has 4 nitrogen and oxygen atoms in total. The minimum atomic E-state index is -0.901. The van der Waals surface area contributed by atoms with Crippen molar-refractivity contribution in [2.45, 2.75) is 33.2 Å². The number of thioether (sulfide) groups is 1. The molecule has 0 saturated carbocycles. The maximum atomic E-state index is 11.8. The number of carboxylic acid groups (broad SMARTS) is 1. The van der Waals surface area contributed by atoms with Gasteiger partial charge < -0.3 is 10.0 Å². The van der Waals surface area contributed by atoms with Crippen molar-refractivity contribution < 1.29 is 14.7 Å². The predicted molar refractivity (Wildman–Crippen MR) is 59.7 cm³/mol. The summed E-state index contributed by atoms with van der Waals surface area (Å²) in [6.07, 6.45) is 0.400. The first-order chi connectivity index (χ1) is 6.81. The first-order valence-electron chi connectivity index (χ1n) is 4.91. The first kappa shape index (κ1) is 12.4. The summed E-state index contributed by atoms with van der Waals surface area (Å²) in [5.74, 6) is 0.0547. The summed E-state index contributed by atoms with van der Waals surface area (Å²) >= 11 is 1.50. The van der Waals surface area contributed by atoms with Crippen molar-refractivity contribution in [3.05, 3.63) is 0 Å². The molecule has 1 amide bonds. The fourth-order valence-corrected chi connectivity index (χ4v) is 2.62. The zero-order valence-electron chi connectivity index (χ0n) is 9.32. The van der Waals surface area contributed by atoms with Gasteiger partial charge in [0.15, 0.2) is 0 Å². The zero-order valence-corrected chi connectivity index (χ0v) is 10.1. The van der Waals surface area contributed by atoms with Gasteiger partial charge in [-0.25, -0.2) is 4.79 Å². The lowest BCUT2D eigenvalue weighted by Gasteiger charge is -2.25. The van der Waals surface area contributed by atoms with Gasteiger partial charge in [0.05, 0.1) is 5.88 Å². The van der Waals surface area contributed by atoms with Gasteiger partial charge in [-0.1, -0.05) is 20.8 Å².